The summed E-state index contributed by atoms with van der Waals surface area (Å²) in [7, 11) is 1.93. The number of rotatable bonds is 4. The molecule has 0 aliphatic heterocycles. The minimum atomic E-state index is 0.141. The lowest BCUT2D eigenvalue weighted by atomic mass is 10.1. The molecule has 17 heavy (non-hydrogen) atoms. The van der Waals surface area contributed by atoms with Gasteiger partial charge in [0, 0.05) is 19.3 Å². The molecule has 1 atom stereocenters. The third-order valence-electron chi connectivity index (χ3n) is 2.79. The van der Waals surface area contributed by atoms with Crippen molar-refractivity contribution in [2.45, 2.75) is 19.5 Å². The Morgan fingerprint density at radius 3 is 2.82 bits per heavy atom. The van der Waals surface area contributed by atoms with Gasteiger partial charge in [-0.25, -0.2) is 0 Å². The average molecular weight is 231 g/mol. The lowest BCUT2D eigenvalue weighted by molar-refractivity contribution is 0.529. The smallest absolute Gasteiger partial charge is 0.149 e. The number of anilines is 1. The van der Waals surface area contributed by atoms with E-state index >= 15 is 0 Å². The highest BCUT2D eigenvalue weighted by Gasteiger charge is 2.10. The molecule has 0 fully saturated rings. The van der Waals surface area contributed by atoms with Gasteiger partial charge in [0.05, 0.1) is 6.04 Å². The lowest BCUT2D eigenvalue weighted by Crippen LogP contribution is -2.21. The zero-order chi connectivity index (χ0) is 12.3. The van der Waals surface area contributed by atoms with Crippen molar-refractivity contribution in [3.8, 4) is 0 Å². The summed E-state index contributed by atoms with van der Waals surface area (Å²) >= 11 is 0. The molecular formula is C12H17N5. The van der Waals surface area contributed by atoms with Gasteiger partial charge in [0.1, 0.15) is 12.2 Å². The molecule has 0 spiro atoms. The van der Waals surface area contributed by atoms with Crippen LogP contribution in [0.25, 0.3) is 0 Å². The molecule has 90 valence electrons. The van der Waals surface area contributed by atoms with Crippen molar-refractivity contribution in [1.29, 1.82) is 0 Å². The van der Waals surface area contributed by atoms with Crippen LogP contribution in [0.15, 0.2) is 30.6 Å². The molecule has 5 nitrogen and oxygen atoms in total. The summed E-state index contributed by atoms with van der Waals surface area (Å²) in [5.74, 6) is 0.916. The minimum absolute atomic E-state index is 0.141. The topological polar surface area (TPSA) is 68.8 Å². The third-order valence-corrected chi connectivity index (χ3v) is 2.79. The van der Waals surface area contributed by atoms with Crippen LogP contribution in [0.1, 0.15) is 24.4 Å². The zero-order valence-corrected chi connectivity index (χ0v) is 10.1. The molecule has 1 unspecified atom stereocenters. The Morgan fingerprint density at radius 1 is 1.41 bits per heavy atom. The van der Waals surface area contributed by atoms with E-state index in [1.807, 2.05) is 35.9 Å². The first kappa shape index (κ1) is 11.6. The second-order valence-corrected chi connectivity index (χ2v) is 4.10. The van der Waals surface area contributed by atoms with E-state index in [1.165, 1.54) is 0 Å². The maximum atomic E-state index is 5.88. The number of hydrogen-bond acceptors (Lipinski definition) is 4. The summed E-state index contributed by atoms with van der Waals surface area (Å²) in [4.78, 5) is 0. The molecule has 5 heteroatoms. The molecule has 0 aliphatic rings. The first-order chi connectivity index (χ1) is 8.18. The van der Waals surface area contributed by atoms with Crippen molar-refractivity contribution in [2.75, 3.05) is 5.73 Å². The molecule has 0 saturated heterocycles. The highest BCUT2D eigenvalue weighted by Crippen LogP contribution is 2.13. The molecule has 0 aliphatic carbocycles. The molecule has 0 bridgehead atoms. The van der Waals surface area contributed by atoms with Gasteiger partial charge < -0.3 is 15.6 Å². The summed E-state index contributed by atoms with van der Waals surface area (Å²) in [5, 5.41) is 11.3. The predicted octanol–water partition coefficient (Wildman–Crippen LogP) is 1.25. The summed E-state index contributed by atoms with van der Waals surface area (Å²) in [6, 6.07) is 7.99. The van der Waals surface area contributed by atoms with Crippen molar-refractivity contribution >= 4 is 5.69 Å². The van der Waals surface area contributed by atoms with Gasteiger partial charge >= 0.3 is 0 Å². The molecule has 2 aromatic rings. The van der Waals surface area contributed by atoms with E-state index in [2.05, 4.69) is 22.4 Å². The van der Waals surface area contributed by atoms with Gasteiger partial charge in [-0.1, -0.05) is 18.2 Å². The summed E-state index contributed by atoms with van der Waals surface area (Å²) < 4.78 is 1.91. The van der Waals surface area contributed by atoms with E-state index in [4.69, 9.17) is 5.73 Å². The number of aryl methyl sites for hydroxylation is 1. The molecule has 0 saturated carbocycles. The first-order valence-electron chi connectivity index (χ1n) is 5.59. The van der Waals surface area contributed by atoms with Crippen LogP contribution in [0, 0.1) is 0 Å². The molecule has 3 N–H and O–H groups in total. The van der Waals surface area contributed by atoms with Gasteiger partial charge in [0.2, 0.25) is 0 Å². The fourth-order valence-corrected chi connectivity index (χ4v) is 1.73. The Hall–Kier alpha value is -1.88. The molecule has 2 rings (SSSR count). The van der Waals surface area contributed by atoms with Gasteiger partial charge in [0.15, 0.2) is 0 Å². The second-order valence-electron chi connectivity index (χ2n) is 4.10. The summed E-state index contributed by atoms with van der Waals surface area (Å²) in [6.07, 6.45) is 1.70. The number of nitrogens with zero attached hydrogens (tertiary/aromatic N) is 3. The van der Waals surface area contributed by atoms with E-state index in [0.717, 1.165) is 23.6 Å². The average Bonchev–Trinajstić information content (AvgIpc) is 2.74. The molecular weight excluding hydrogens is 214 g/mol. The number of para-hydroxylation sites is 1. The predicted molar refractivity (Wildman–Crippen MR) is 67.1 cm³/mol. The SMILES string of the molecule is CC(NCc1ccccc1N)c1nncn1C. The fraction of sp³-hybridized carbons (Fsp3) is 0.333. The molecule has 0 radical (unpaired) electrons. The maximum absolute atomic E-state index is 5.88. The maximum Gasteiger partial charge on any atom is 0.149 e. The van der Waals surface area contributed by atoms with Crippen LogP contribution < -0.4 is 11.1 Å². The fourth-order valence-electron chi connectivity index (χ4n) is 1.73. The molecule has 1 aromatic heterocycles. The number of nitrogens with one attached hydrogen (secondary N) is 1. The number of benzene rings is 1. The zero-order valence-electron chi connectivity index (χ0n) is 10.1. The number of hydrogen-bond donors (Lipinski definition) is 2. The van der Waals surface area contributed by atoms with Crippen molar-refractivity contribution in [2.24, 2.45) is 7.05 Å². The van der Waals surface area contributed by atoms with Crippen LogP contribution in [-0.2, 0) is 13.6 Å². The Balaban J connectivity index is 2.00. The van der Waals surface area contributed by atoms with E-state index in [-0.39, 0.29) is 6.04 Å². The Morgan fingerprint density at radius 2 is 2.18 bits per heavy atom. The van der Waals surface area contributed by atoms with Crippen molar-refractivity contribution in [1.82, 2.24) is 20.1 Å². The molecule has 0 amide bonds. The molecule has 1 heterocycles. The van der Waals surface area contributed by atoms with Gasteiger partial charge in [-0.2, -0.15) is 0 Å². The van der Waals surface area contributed by atoms with Crippen LogP contribution in [-0.4, -0.2) is 14.8 Å². The van der Waals surface area contributed by atoms with Crippen molar-refractivity contribution in [3.63, 3.8) is 0 Å². The van der Waals surface area contributed by atoms with Gasteiger partial charge in [-0.15, -0.1) is 10.2 Å². The van der Waals surface area contributed by atoms with Gasteiger partial charge in [-0.05, 0) is 18.6 Å². The van der Waals surface area contributed by atoms with E-state index in [1.54, 1.807) is 6.33 Å². The number of nitrogen functional groups attached to an aromatic ring is 1. The Labute approximate surface area is 101 Å². The van der Waals surface area contributed by atoms with Gasteiger partial charge in [-0.3, -0.25) is 0 Å². The monoisotopic (exact) mass is 231 g/mol. The highest BCUT2D eigenvalue weighted by atomic mass is 15.3. The van der Waals surface area contributed by atoms with Crippen LogP contribution in [0.2, 0.25) is 0 Å². The summed E-state index contributed by atoms with van der Waals surface area (Å²) in [5.41, 5.74) is 7.79. The largest absolute Gasteiger partial charge is 0.398 e. The van der Waals surface area contributed by atoms with Gasteiger partial charge in [0.25, 0.3) is 0 Å². The van der Waals surface area contributed by atoms with Crippen LogP contribution in [0.5, 0.6) is 0 Å². The molecule has 1 aromatic carbocycles. The van der Waals surface area contributed by atoms with Crippen LogP contribution in [0.3, 0.4) is 0 Å². The van der Waals surface area contributed by atoms with E-state index in [0.29, 0.717) is 0 Å². The Kier molecular flexibility index (Phi) is 3.39. The van der Waals surface area contributed by atoms with Crippen molar-refractivity contribution < 1.29 is 0 Å². The Bertz CT molecular complexity index is 491. The summed E-state index contributed by atoms with van der Waals surface area (Å²) in [6.45, 7) is 2.78. The minimum Gasteiger partial charge on any atom is -0.398 e. The van der Waals surface area contributed by atoms with Crippen LogP contribution >= 0.6 is 0 Å². The standard InChI is InChI=1S/C12H17N5/c1-9(12-16-15-8-17(12)2)14-7-10-5-3-4-6-11(10)13/h3-6,8-9,14H,7,13H2,1-2H3. The van der Waals surface area contributed by atoms with E-state index in [9.17, 15) is 0 Å². The van der Waals surface area contributed by atoms with Crippen molar-refractivity contribution in [3.05, 3.63) is 42.0 Å². The number of nitrogens with two attached hydrogens (primary N) is 1. The van der Waals surface area contributed by atoms with E-state index < -0.39 is 0 Å². The van der Waals surface area contributed by atoms with Crippen LogP contribution in [0.4, 0.5) is 5.69 Å². The number of aromatic nitrogens is 3. The second kappa shape index (κ2) is 4.97. The first-order valence-corrected chi connectivity index (χ1v) is 5.59. The quantitative estimate of drug-likeness (QED) is 0.777. The lowest BCUT2D eigenvalue weighted by Gasteiger charge is -2.13. The highest BCUT2D eigenvalue weighted by molar-refractivity contribution is 5.46. The third kappa shape index (κ3) is 2.62. The normalized spacial score (nSPS) is 12.6.